The van der Waals surface area contributed by atoms with Crippen LogP contribution in [0.15, 0.2) is 42.5 Å². The minimum Gasteiger partial charge on any atom is -0.492 e. The summed E-state index contributed by atoms with van der Waals surface area (Å²) in [6.45, 7) is 2.70. The van der Waals surface area contributed by atoms with Gasteiger partial charge in [0.25, 0.3) is 0 Å². The Balaban J connectivity index is 1.57. The molecule has 0 aliphatic carbocycles. The van der Waals surface area contributed by atoms with Crippen LogP contribution < -0.4 is 15.4 Å². The summed E-state index contributed by atoms with van der Waals surface area (Å²) in [5, 5.41) is 5.77. The van der Waals surface area contributed by atoms with E-state index in [2.05, 4.69) is 10.6 Å². The smallest absolute Gasteiger partial charge is 0.227 e. The Morgan fingerprint density at radius 2 is 1.96 bits per heavy atom. The number of ether oxygens (including phenoxy) is 1. The summed E-state index contributed by atoms with van der Waals surface area (Å²) in [5.41, 5.74) is 2.46. The number of carbonyl (C=O) groups excluding carboxylic acids is 2. The van der Waals surface area contributed by atoms with Crippen LogP contribution in [0.4, 0.5) is 10.1 Å². The molecule has 0 fully saturated rings. The number of carbonyl (C=O) groups is 2. The van der Waals surface area contributed by atoms with Gasteiger partial charge in [-0.3, -0.25) is 9.59 Å². The van der Waals surface area contributed by atoms with Gasteiger partial charge in [0.2, 0.25) is 11.8 Å². The van der Waals surface area contributed by atoms with Crippen molar-refractivity contribution in [2.24, 2.45) is 5.92 Å². The lowest BCUT2D eigenvalue weighted by Gasteiger charge is -2.25. The summed E-state index contributed by atoms with van der Waals surface area (Å²) < 4.78 is 18.7. The van der Waals surface area contributed by atoms with Crippen molar-refractivity contribution in [3.05, 3.63) is 59.4 Å². The van der Waals surface area contributed by atoms with E-state index in [1.165, 1.54) is 12.1 Å². The van der Waals surface area contributed by atoms with Crippen molar-refractivity contribution >= 4 is 17.5 Å². The number of halogens is 1. The molecule has 2 aromatic carbocycles. The summed E-state index contributed by atoms with van der Waals surface area (Å²) in [5.74, 6) is 0.0255. The Bertz CT molecular complexity index is 836. The molecule has 1 heterocycles. The molecule has 1 aliphatic rings. The van der Waals surface area contributed by atoms with E-state index < -0.39 is 0 Å². The highest BCUT2D eigenvalue weighted by molar-refractivity contribution is 5.91. The number of unbranched alkanes of at least 4 members (excludes halogenated alkanes) is 1. The average molecular weight is 384 g/mol. The van der Waals surface area contributed by atoms with Crippen molar-refractivity contribution < 1.29 is 18.7 Å². The maximum Gasteiger partial charge on any atom is 0.227 e. The number of nitrogens with one attached hydrogen (secondary N) is 2. The molecule has 0 saturated heterocycles. The van der Waals surface area contributed by atoms with E-state index in [-0.39, 0.29) is 23.5 Å². The molecule has 1 unspecified atom stereocenters. The van der Waals surface area contributed by atoms with Gasteiger partial charge in [-0.05, 0) is 54.3 Å². The summed E-state index contributed by atoms with van der Waals surface area (Å²) in [4.78, 5) is 24.4. The van der Waals surface area contributed by atoms with Crippen molar-refractivity contribution in [3.63, 3.8) is 0 Å². The summed E-state index contributed by atoms with van der Waals surface area (Å²) in [7, 11) is 0. The van der Waals surface area contributed by atoms with Gasteiger partial charge in [-0.2, -0.15) is 0 Å². The van der Waals surface area contributed by atoms with Gasteiger partial charge >= 0.3 is 0 Å². The van der Waals surface area contributed by atoms with E-state index in [0.717, 1.165) is 35.4 Å². The zero-order valence-electron chi connectivity index (χ0n) is 16.0. The quantitative estimate of drug-likeness (QED) is 0.763. The summed E-state index contributed by atoms with van der Waals surface area (Å²) in [6, 6.07) is 11.6. The third-order valence-electron chi connectivity index (χ3n) is 4.76. The van der Waals surface area contributed by atoms with E-state index in [4.69, 9.17) is 4.74 Å². The van der Waals surface area contributed by atoms with Crippen LogP contribution in [0, 0.1) is 11.7 Å². The van der Waals surface area contributed by atoms with Gasteiger partial charge in [0.1, 0.15) is 18.2 Å². The fourth-order valence-electron chi connectivity index (χ4n) is 3.14. The third kappa shape index (κ3) is 5.31. The van der Waals surface area contributed by atoms with Crippen LogP contribution in [0.25, 0.3) is 0 Å². The molecule has 3 rings (SSSR count). The Morgan fingerprint density at radius 1 is 1.18 bits per heavy atom. The average Bonchev–Trinajstić information content (AvgIpc) is 2.71. The number of rotatable bonds is 7. The van der Waals surface area contributed by atoms with Crippen molar-refractivity contribution in [2.75, 3.05) is 11.9 Å². The predicted molar refractivity (Wildman–Crippen MR) is 106 cm³/mol. The predicted octanol–water partition coefficient (Wildman–Crippen LogP) is 3.82. The topological polar surface area (TPSA) is 67.4 Å². The number of benzene rings is 2. The fraction of sp³-hybridized carbons (Fsp3) is 0.364. The Labute approximate surface area is 164 Å². The van der Waals surface area contributed by atoms with Gasteiger partial charge in [0.05, 0.1) is 5.92 Å². The van der Waals surface area contributed by atoms with E-state index in [1.54, 1.807) is 12.1 Å². The maximum absolute atomic E-state index is 13.0. The lowest BCUT2D eigenvalue weighted by atomic mass is 9.95. The molecule has 0 saturated carbocycles. The van der Waals surface area contributed by atoms with Crippen molar-refractivity contribution in [1.29, 1.82) is 0 Å². The first-order valence-corrected chi connectivity index (χ1v) is 9.63. The highest BCUT2D eigenvalue weighted by Crippen LogP contribution is 2.30. The van der Waals surface area contributed by atoms with Gasteiger partial charge in [-0.1, -0.05) is 25.5 Å². The number of hydrogen-bond donors (Lipinski definition) is 2. The van der Waals surface area contributed by atoms with Crippen molar-refractivity contribution in [3.8, 4) is 5.75 Å². The first-order chi connectivity index (χ1) is 13.5. The molecule has 2 aromatic rings. The second-order valence-electron chi connectivity index (χ2n) is 7.03. The Morgan fingerprint density at radius 3 is 2.71 bits per heavy atom. The van der Waals surface area contributed by atoms with Crippen LogP contribution >= 0.6 is 0 Å². The van der Waals surface area contributed by atoms with Gasteiger partial charge in [-0.15, -0.1) is 0 Å². The molecular weight excluding hydrogens is 359 g/mol. The number of hydrogen-bond acceptors (Lipinski definition) is 3. The molecule has 1 atom stereocenters. The number of amides is 2. The SMILES string of the molecule is CCCCC(=O)Nc1ccc2c(c1)CC(C(=O)NCc1ccc(F)cc1)CO2. The maximum atomic E-state index is 13.0. The second kappa shape index (κ2) is 9.35. The third-order valence-corrected chi connectivity index (χ3v) is 4.76. The normalized spacial score (nSPS) is 15.3. The molecule has 0 aromatic heterocycles. The zero-order valence-corrected chi connectivity index (χ0v) is 16.0. The standard InChI is InChI=1S/C22H25FN2O3/c1-2-3-4-21(26)25-19-9-10-20-16(12-19)11-17(14-28-20)22(27)24-13-15-5-7-18(23)8-6-15/h5-10,12,17H,2-4,11,13-14H2,1H3,(H,24,27)(H,25,26). The Kier molecular flexibility index (Phi) is 6.63. The molecule has 6 heteroatoms. The lowest BCUT2D eigenvalue weighted by molar-refractivity contribution is -0.126. The first kappa shape index (κ1) is 19.9. The molecule has 5 nitrogen and oxygen atoms in total. The van der Waals surface area contributed by atoms with Gasteiger partial charge in [0.15, 0.2) is 0 Å². The molecule has 28 heavy (non-hydrogen) atoms. The fourth-order valence-corrected chi connectivity index (χ4v) is 3.14. The molecule has 0 spiro atoms. The molecular formula is C22H25FN2O3. The van der Waals surface area contributed by atoms with Crippen LogP contribution in [0.3, 0.4) is 0 Å². The second-order valence-corrected chi connectivity index (χ2v) is 7.03. The highest BCUT2D eigenvalue weighted by Gasteiger charge is 2.26. The summed E-state index contributed by atoms with van der Waals surface area (Å²) in [6.07, 6.45) is 2.87. The lowest BCUT2D eigenvalue weighted by Crippen LogP contribution is -2.37. The van der Waals surface area contributed by atoms with Crippen molar-refractivity contribution in [2.45, 2.75) is 39.2 Å². The van der Waals surface area contributed by atoms with Gasteiger partial charge in [0, 0.05) is 18.7 Å². The Hall–Kier alpha value is -2.89. The van der Waals surface area contributed by atoms with E-state index in [1.807, 2.05) is 25.1 Å². The van der Waals surface area contributed by atoms with Crippen LogP contribution in [0.1, 0.15) is 37.3 Å². The van der Waals surface area contributed by atoms with Gasteiger partial charge in [-0.25, -0.2) is 4.39 Å². The van der Waals surface area contributed by atoms with Crippen LogP contribution in [0.5, 0.6) is 5.75 Å². The van der Waals surface area contributed by atoms with E-state index in [9.17, 15) is 14.0 Å². The number of anilines is 1. The molecule has 0 bridgehead atoms. The molecule has 0 radical (unpaired) electrons. The van der Waals surface area contributed by atoms with Crippen LogP contribution in [-0.2, 0) is 22.6 Å². The van der Waals surface area contributed by atoms with Gasteiger partial charge < -0.3 is 15.4 Å². The summed E-state index contributed by atoms with van der Waals surface area (Å²) >= 11 is 0. The van der Waals surface area contributed by atoms with Crippen LogP contribution in [0.2, 0.25) is 0 Å². The van der Waals surface area contributed by atoms with E-state index >= 15 is 0 Å². The minimum absolute atomic E-state index is 0.00730. The molecule has 1 aliphatic heterocycles. The molecule has 2 N–H and O–H groups in total. The zero-order chi connectivity index (χ0) is 19.9. The monoisotopic (exact) mass is 384 g/mol. The minimum atomic E-state index is -0.306. The van der Waals surface area contributed by atoms with Crippen LogP contribution in [-0.4, -0.2) is 18.4 Å². The molecule has 148 valence electrons. The number of fused-ring (bicyclic) bond motifs is 1. The van der Waals surface area contributed by atoms with Crippen molar-refractivity contribution in [1.82, 2.24) is 5.32 Å². The van der Waals surface area contributed by atoms with E-state index in [0.29, 0.717) is 26.0 Å². The first-order valence-electron chi connectivity index (χ1n) is 9.63. The highest BCUT2D eigenvalue weighted by atomic mass is 19.1. The molecule has 2 amide bonds. The largest absolute Gasteiger partial charge is 0.492 e.